The van der Waals surface area contributed by atoms with Crippen molar-refractivity contribution >= 4 is 10.0 Å². The fourth-order valence-electron chi connectivity index (χ4n) is 1.67. The number of sulfonamides is 1. The summed E-state index contributed by atoms with van der Waals surface area (Å²) in [5.41, 5.74) is 1.91. The summed E-state index contributed by atoms with van der Waals surface area (Å²) in [6, 6.07) is 1.93. The first-order valence-electron chi connectivity index (χ1n) is 4.45. The molecule has 5 nitrogen and oxygen atoms in total. The Bertz CT molecular complexity index is 449. The molecule has 78 valence electrons. The van der Waals surface area contributed by atoms with Gasteiger partial charge in [0, 0.05) is 6.54 Å². The molecule has 1 aromatic rings. The SMILES string of the molecule is Cc1cc2n(n1)CCN(S(C)(=O)=O)C2. The molecule has 0 unspecified atom stereocenters. The zero-order valence-corrected chi connectivity index (χ0v) is 9.08. The smallest absolute Gasteiger partial charge is 0.211 e. The summed E-state index contributed by atoms with van der Waals surface area (Å²) in [5, 5.41) is 4.26. The first-order chi connectivity index (χ1) is 6.47. The third-order valence-electron chi connectivity index (χ3n) is 2.35. The van der Waals surface area contributed by atoms with Gasteiger partial charge >= 0.3 is 0 Å². The Hall–Kier alpha value is -0.880. The molecule has 0 amide bonds. The molecule has 0 aromatic carbocycles. The van der Waals surface area contributed by atoms with Crippen molar-refractivity contribution in [1.82, 2.24) is 14.1 Å². The minimum atomic E-state index is -3.07. The lowest BCUT2D eigenvalue weighted by Crippen LogP contribution is -2.37. The van der Waals surface area contributed by atoms with Crippen LogP contribution in [0.4, 0.5) is 0 Å². The molecule has 6 heteroatoms. The minimum Gasteiger partial charge on any atom is -0.267 e. The van der Waals surface area contributed by atoms with Crippen LogP contribution in [0, 0.1) is 6.92 Å². The largest absolute Gasteiger partial charge is 0.267 e. The summed E-state index contributed by atoms with van der Waals surface area (Å²) in [7, 11) is -3.07. The molecule has 0 N–H and O–H groups in total. The van der Waals surface area contributed by atoms with Crippen LogP contribution in [0.1, 0.15) is 11.4 Å². The molecule has 0 fully saturated rings. The van der Waals surface area contributed by atoms with E-state index in [1.807, 2.05) is 17.7 Å². The molecular formula is C8H13N3O2S. The van der Waals surface area contributed by atoms with Crippen molar-refractivity contribution in [3.63, 3.8) is 0 Å². The van der Waals surface area contributed by atoms with Crippen LogP contribution >= 0.6 is 0 Å². The Morgan fingerprint density at radius 1 is 1.43 bits per heavy atom. The van der Waals surface area contributed by atoms with Crippen LogP contribution in [0.15, 0.2) is 6.07 Å². The molecule has 0 atom stereocenters. The molecule has 0 bridgehead atoms. The van der Waals surface area contributed by atoms with E-state index >= 15 is 0 Å². The van der Waals surface area contributed by atoms with Gasteiger partial charge < -0.3 is 0 Å². The summed E-state index contributed by atoms with van der Waals surface area (Å²) in [6.07, 6.45) is 1.24. The number of aromatic nitrogens is 2. The van der Waals surface area contributed by atoms with Gasteiger partial charge in [-0.2, -0.15) is 9.40 Å². The van der Waals surface area contributed by atoms with E-state index < -0.39 is 10.0 Å². The maximum atomic E-state index is 11.3. The van der Waals surface area contributed by atoms with E-state index in [1.54, 1.807) is 0 Å². The van der Waals surface area contributed by atoms with Gasteiger partial charge in [0.2, 0.25) is 10.0 Å². The molecule has 1 aliphatic rings. The fraction of sp³-hybridized carbons (Fsp3) is 0.625. The maximum Gasteiger partial charge on any atom is 0.211 e. The molecule has 0 saturated carbocycles. The number of hydrogen-bond donors (Lipinski definition) is 0. The topological polar surface area (TPSA) is 55.2 Å². The highest BCUT2D eigenvalue weighted by atomic mass is 32.2. The zero-order chi connectivity index (χ0) is 10.3. The van der Waals surface area contributed by atoms with E-state index in [1.165, 1.54) is 10.6 Å². The van der Waals surface area contributed by atoms with Crippen LogP contribution in [0.2, 0.25) is 0 Å². The first kappa shape index (κ1) is 9.67. The third-order valence-corrected chi connectivity index (χ3v) is 3.60. The highest BCUT2D eigenvalue weighted by Gasteiger charge is 2.23. The molecular weight excluding hydrogens is 202 g/mol. The molecule has 1 aliphatic heterocycles. The number of fused-ring (bicyclic) bond motifs is 1. The molecule has 2 heterocycles. The summed E-state index contributed by atoms with van der Waals surface area (Å²) in [6.45, 7) is 3.53. The van der Waals surface area contributed by atoms with Crippen LogP contribution in [-0.4, -0.2) is 35.3 Å². The van der Waals surface area contributed by atoms with Gasteiger partial charge in [-0.25, -0.2) is 8.42 Å². The van der Waals surface area contributed by atoms with E-state index in [0.717, 1.165) is 11.4 Å². The van der Waals surface area contributed by atoms with Crippen LogP contribution in [0.3, 0.4) is 0 Å². The Balaban J connectivity index is 2.30. The molecule has 0 radical (unpaired) electrons. The maximum absolute atomic E-state index is 11.3. The van der Waals surface area contributed by atoms with Crippen LogP contribution in [-0.2, 0) is 23.1 Å². The third kappa shape index (κ3) is 1.67. The van der Waals surface area contributed by atoms with Crippen LogP contribution in [0.5, 0.6) is 0 Å². The Kier molecular flexibility index (Phi) is 2.11. The molecule has 1 aromatic heterocycles. The van der Waals surface area contributed by atoms with Gasteiger partial charge in [-0.1, -0.05) is 0 Å². The molecule has 0 spiro atoms. The number of nitrogens with zero attached hydrogens (tertiary/aromatic N) is 3. The Morgan fingerprint density at radius 3 is 2.79 bits per heavy atom. The van der Waals surface area contributed by atoms with Crippen molar-refractivity contribution in [1.29, 1.82) is 0 Å². The van der Waals surface area contributed by atoms with E-state index in [0.29, 0.717) is 19.6 Å². The lowest BCUT2D eigenvalue weighted by Gasteiger charge is -2.25. The lowest BCUT2D eigenvalue weighted by molar-refractivity contribution is 0.328. The lowest BCUT2D eigenvalue weighted by atomic mass is 10.3. The second-order valence-corrected chi connectivity index (χ2v) is 5.58. The van der Waals surface area contributed by atoms with Gasteiger partial charge in [-0.05, 0) is 13.0 Å². The first-order valence-corrected chi connectivity index (χ1v) is 6.30. The van der Waals surface area contributed by atoms with Crippen molar-refractivity contribution in [3.05, 3.63) is 17.5 Å². The van der Waals surface area contributed by atoms with Crippen molar-refractivity contribution in [2.24, 2.45) is 0 Å². The van der Waals surface area contributed by atoms with Crippen LogP contribution in [0.25, 0.3) is 0 Å². The minimum absolute atomic E-state index is 0.444. The van der Waals surface area contributed by atoms with Gasteiger partial charge in [-0.15, -0.1) is 0 Å². The summed E-state index contributed by atoms with van der Waals surface area (Å²) in [5.74, 6) is 0. The molecule has 2 rings (SSSR count). The predicted octanol–water partition coefficient (Wildman–Crippen LogP) is -0.0333. The quantitative estimate of drug-likeness (QED) is 0.661. The second-order valence-electron chi connectivity index (χ2n) is 3.60. The highest BCUT2D eigenvalue weighted by molar-refractivity contribution is 7.88. The average Bonchev–Trinajstić information content (AvgIpc) is 2.41. The fourth-order valence-corrected chi connectivity index (χ4v) is 2.45. The van der Waals surface area contributed by atoms with Gasteiger partial charge in [0.25, 0.3) is 0 Å². The van der Waals surface area contributed by atoms with Gasteiger partial charge in [0.05, 0.1) is 30.7 Å². The monoisotopic (exact) mass is 215 g/mol. The van der Waals surface area contributed by atoms with Crippen molar-refractivity contribution in [2.75, 3.05) is 12.8 Å². The average molecular weight is 215 g/mol. The van der Waals surface area contributed by atoms with Gasteiger partial charge in [0.15, 0.2) is 0 Å². The Labute approximate surface area is 83.4 Å². The van der Waals surface area contributed by atoms with E-state index in [-0.39, 0.29) is 0 Å². The summed E-state index contributed by atoms with van der Waals surface area (Å²) in [4.78, 5) is 0. The van der Waals surface area contributed by atoms with E-state index in [9.17, 15) is 8.42 Å². The standard InChI is InChI=1S/C8H13N3O2S/c1-7-5-8-6-10(14(2,12)13)3-4-11(8)9-7/h5H,3-4,6H2,1-2H3. The van der Waals surface area contributed by atoms with Crippen LogP contribution < -0.4 is 0 Å². The van der Waals surface area contributed by atoms with E-state index in [2.05, 4.69) is 5.10 Å². The molecule has 0 aliphatic carbocycles. The predicted molar refractivity (Wildman–Crippen MR) is 52.2 cm³/mol. The van der Waals surface area contributed by atoms with E-state index in [4.69, 9.17) is 0 Å². The Morgan fingerprint density at radius 2 is 2.14 bits per heavy atom. The second kappa shape index (κ2) is 3.06. The normalized spacial score (nSPS) is 18.1. The van der Waals surface area contributed by atoms with Crippen molar-refractivity contribution in [2.45, 2.75) is 20.0 Å². The van der Waals surface area contributed by atoms with Crippen molar-refractivity contribution in [3.8, 4) is 0 Å². The number of aryl methyl sites for hydroxylation is 1. The number of hydrogen-bond acceptors (Lipinski definition) is 3. The zero-order valence-electron chi connectivity index (χ0n) is 8.27. The number of rotatable bonds is 1. The molecule has 0 saturated heterocycles. The summed E-state index contributed by atoms with van der Waals surface area (Å²) < 4.78 is 25.9. The summed E-state index contributed by atoms with van der Waals surface area (Å²) >= 11 is 0. The highest BCUT2D eigenvalue weighted by Crippen LogP contribution is 2.15. The van der Waals surface area contributed by atoms with Gasteiger partial charge in [0.1, 0.15) is 0 Å². The molecule has 14 heavy (non-hydrogen) atoms. The van der Waals surface area contributed by atoms with Gasteiger partial charge in [-0.3, -0.25) is 4.68 Å². The van der Waals surface area contributed by atoms with Crippen molar-refractivity contribution < 1.29 is 8.42 Å².